The Morgan fingerprint density at radius 2 is 1.89 bits per heavy atom. The molecule has 0 aliphatic heterocycles. The van der Waals surface area contributed by atoms with Crippen LogP contribution >= 0.6 is 11.6 Å². The molecule has 18 heavy (non-hydrogen) atoms. The minimum absolute atomic E-state index is 0.0162. The lowest BCUT2D eigenvalue weighted by atomic mass is 9.89. The van der Waals surface area contributed by atoms with Gasteiger partial charge < -0.3 is 0 Å². The van der Waals surface area contributed by atoms with E-state index in [1.807, 2.05) is 47.4 Å². The summed E-state index contributed by atoms with van der Waals surface area (Å²) in [5.74, 6) is 0. The monoisotopic (exact) mass is 262 g/mol. The summed E-state index contributed by atoms with van der Waals surface area (Å²) < 4.78 is 1.87. The molecule has 1 unspecified atom stereocenters. The third-order valence-electron chi connectivity index (χ3n) is 2.78. The van der Waals surface area contributed by atoms with Gasteiger partial charge in [-0.25, -0.2) is 4.68 Å². The number of halogens is 1. The van der Waals surface area contributed by atoms with Crippen molar-refractivity contribution in [3.8, 4) is 5.69 Å². The van der Waals surface area contributed by atoms with Gasteiger partial charge in [0.05, 0.1) is 17.3 Å². The van der Waals surface area contributed by atoms with Crippen LogP contribution in [0.15, 0.2) is 42.7 Å². The highest BCUT2D eigenvalue weighted by atomic mass is 35.5. The second kappa shape index (κ2) is 5.15. The Morgan fingerprint density at radius 1 is 1.22 bits per heavy atom. The predicted octanol–water partition coefficient (Wildman–Crippen LogP) is 4.59. The van der Waals surface area contributed by atoms with Gasteiger partial charge in [-0.15, -0.1) is 11.6 Å². The molecule has 0 radical (unpaired) electrons. The molecule has 1 aromatic heterocycles. The number of aromatic nitrogens is 2. The van der Waals surface area contributed by atoms with E-state index in [2.05, 4.69) is 25.9 Å². The Bertz CT molecular complexity index is 497. The first-order valence-electron chi connectivity index (χ1n) is 6.20. The van der Waals surface area contributed by atoms with E-state index in [4.69, 9.17) is 11.6 Å². The van der Waals surface area contributed by atoms with Crippen LogP contribution in [0.3, 0.4) is 0 Å². The van der Waals surface area contributed by atoms with Crippen molar-refractivity contribution in [2.45, 2.75) is 32.6 Å². The first kappa shape index (κ1) is 13.2. The van der Waals surface area contributed by atoms with Crippen molar-refractivity contribution in [1.82, 2.24) is 9.78 Å². The molecule has 2 nitrogen and oxygen atoms in total. The summed E-state index contributed by atoms with van der Waals surface area (Å²) in [5, 5.41) is 4.39. The Labute approximate surface area is 114 Å². The van der Waals surface area contributed by atoms with E-state index in [0.29, 0.717) is 0 Å². The average molecular weight is 263 g/mol. The summed E-state index contributed by atoms with van der Waals surface area (Å²) >= 11 is 6.44. The maximum Gasteiger partial charge on any atom is 0.0645 e. The van der Waals surface area contributed by atoms with Gasteiger partial charge in [0, 0.05) is 11.8 Å². The number of rotatable bonds is 3. The van der Waals surface area contributed by atoms with Crippen LogP contribution in [0.25, 0.3) is 5.69 Å². The number of nitrogens with zero attached hydrogens (tertiary/aromatic N) is 2. The van der Waals surface area contributed by atoms with Gasteiger partial charge in [-0.1, -0.05) is 39.0 Å². The maximum absolute atomic E-state index is 6.44. The quantitative estimate of drug-likeness (QED) is 0.740. The molecule has 0 fully saturated rings. The van der Waals surface area contributed by atoms with Crippen molar-refractivity contribution in [3.63, 3.8) is 0 Å². The molecule has 2 rings (SSSR count). The Kier molecular flexibility index (Phi) is 3.76. The van der Waals surface area contributed by atoms with Crippen molar-refractivity contribution in [2.75, 3.05) is 0 Å². The van der Waals surface area contributed by atoms with Crippen molar-refractivity contribution >= 4 is 11.6 Å². The number of alkyl halides is 1. The van der Waals surface area contributed by atoms with Crippen LogP contribution in [0.4, 0.5) is 0 Å². The molecule has 1 aromatic carbocycles. The molecule has 1 heterocycles. The highest BCUT2D eigenvalue weighted by Gasteiger charge is 2.19. The van der Waals surface area contributed by atoms with E-state index in [0.717, 1.165) is 17.7 Å². The fourth-order valence-corrected chi connectivity index (χ4v) is 2.45. The second-order valence-corrected chi connectivity index (χ2v) is 6.31. The normalized spacial score (nSPS) is 13.6. The first-order valence-corrected chi connectivity index (χ1v) is 6.63. The average Bonchev–Trinajstić information content (AvgIpc) is 2.77. The van der Waals surface area contributed by atoms with Gasteiger partial charge in [0.15, 0.2) is 0 Å². The maximum atomic E-state index is 6.44. The molecule has 0 saturated heterocycles. The summed E-state index contributed by atoms with van der Waals surface area (Å²) in [7, 11) is 0. The van der Waals surface area contributed by atoms with Crippen LogP contribution in [0.1, 0.15) is 38.1 Å². The van der Waals surface area contributed by atoms with Gasteiger partial charge in [0.1, 0.15) is 0 Å². The number of para-hydroxylation sites is 1. The third kappa shape index (κ3) is 3.36. The standard InChI is InChI=1S/C15H19ClN2/c1-15(2,3)9-14(16)12-10-17-18(11-12)13-7-5-4-6-8-13/h4-8,10-11,14H,9H2,1-3H3. The van der Waals surface area contributed by atoms with E-state index in [-0.39, 0.29) is 10.8 Å². The summed E-state index contributed by atoms with van der Waals surface area (Å²) in [4.78, 5) is 0. The molecule has 3 heteroatoms. The van der Waals surface area contributed by atoms with Crippen molar-refractivity contribution in [3.05, 3.63) is 48.3 Å². The molecular weight excluding hydrogens is 244 g/mol. The number of hydrogen-bond donors (Lipinski definition) is 0. The molecule has 96 valence electrons. The summed E-state index contributed by atoms with van der Waals surface area (Å²) in [5.41, 5.74) is 2.36. The summed E-state index contributed by atoms with van der Waals surface area (Å²) in [6.07, 6.45) is 4.81. The van der Waals surface area contributed by atoms with E-state index in [9.17, 15) is 0 Å². The minimum Gasteiger partial charge on any atom is -0.241 e. The minimum atomic E-state index is 0.0162. The van der Waals surface area contributed by atoms with Gasteiger partial charge in [0.25, 0.3) is 0 Å². The van der Waals surface area contributed by atoms with Crippen LogP contribution in [0.5, 0.6) is 0 Å². The summed E-state index contributed by atoms with van der Waals surface area (Å²) in [6, 6.07) is 10.1. The lowest BCUT2D eigenvalue weighted by Gasteiger charge is -2.20. The molecule has 2 aromatic rings. The second-order valence-electron chi connectivity index (χ2n) is 5.79. The van der Waals surface area contributed by atoms with Crippen LogP contribution in [0, 0.1) is 5.41 Å². The topological polar surface area (TPSA) is 17.8 Å². The highest BCUT2D eigenvalue weighted by molar-refractivity contribution is 6.20. The third-order valence-corrected chi connectivity index (χ3v) is 3.18. The van der Waals surface area contributed by atoms with E-state index >= 15 is 0 Å². The fraction of sp³-hybridized carbons (Fsp3) is 0.400. The van der Waals surface area contributed by atoms with Crippen LogP contribution < -0.4 is 0 Å². The van der Waals surface area contributed by atoms with Gasteiger partial charge in [-0.2, -0.15) is 5.10 Å². The Balaban J connectivity index is 2.16. The van der Waals surface area contributed by atoms with Crippen LogP contribution in [0.2, 0.25) is 0 Å². The van der Waals surface area contributed by atoms with E-state index in [1.54, 1.807) is 0 Å². The Morgan fingerprint density at radius 3 is 2.50 bits per heavy atom. The zero-order valence-corrected chi connectivity index (χ0v) is 11.9. The molecule has 0 spiro atoms. The largest absolute Gasteiger partial charge is 0.241 e. The van der Waals surface area contributed by atoms with Gasteiger partial charge >= 0.3 is 0 Å². The fourth-order valence-electron chi connectivity index (χ4n) is 1.88. The van der Waals surface area contributed by atoms with Gasteiger partial charge in [0.2, 0.25) is 0 Å². The van der Waals surface area contributed by atoms with E-state index < -0.39 is 0 Å². The summed E-state index contributed by atoms with van der Waals surface area (Å²) in [6.45, 7) is 6.60. The highest BCUT2D eigenvalue weighted by Crippen LogP contribution is 2.33. The molecule has 0 amide bonds. The predicted molar refractivity (Wildman–Crippen MR) is 76.2 cm³/mol. The number of benzene rings is 1. The van der Waals surface area contributed by atoms with Crippen molar-refractivity contribution in [1.29, 1.82) is 0 Å². The molecule has 0 aliphatic rings. The number of hydrogen-bond acceptors (Lipinski definition) is 1. The lowest BCUT2D eigenvalue weighted by Crippen LogP contribution is -2.08. The van der Waals surface area contributed by atoms with E-state index in [1.165, 1.54) is 0 Å². The van der Waals surface area contributed by atoms with Crippen molar-refractivity contribution < 1.29 is 0 Å². The lowest BCUT2D eigenvalue weighted by molar-refractivity contribution is 0.372. The van der Waals surface area contributed by atoms with Crippen LogP contribution in [-0.2, 0) is 0 Å². The zero-order chi connectivity index (χ0) is 13.2. The molecular formula is C15H19ClN2. The molecule has 0 saturated carbocycles. The van der Waals surface area contributed by atoms with Crippen molar-refractivity contribution in [2.24, 2.45) is 5.41 Å². The first-order chi connectivity index (χ1) is 8.46. The smallest absolute Gasteiger partial charge is 0.0645 e. The van der Waals surface area contributed by atoms with Gasteiger partial charge in [-0.05, 0) is 24.0 Å². The molecule has 1 atom stereocenters. The van der Waals surface area contributed by atoms with Gasteiger partial charge in [-0.3, -0.25) is 0 Å². The SMILES string of the molecule is CC(C)(C)CC(Cl)c1cnn(-c2ccccc2)c1. The zero-order valence-electron chi connectivity index (χ0n) is 11.1. The Hall–Kier alpha value is -1.28. The molecule has 0 N–H and O–H groups in total. The van der Waals surface area contributed by atoms with Crippen LogP contribution in [-0.4, -0.2) is 9.78 Å². The molecule has 0 bridgehead atoms. The molecule has 0 aliphatic carbocycles.